The lowest BCUT2D eigenvalue weighted by Gasteiger charge is -2.11. The highest BCUT2D eigenvalue weighted by atomic mass is 19.4. The third-order valence-electron chi connectivity index (χ3n) is 3.39. The lowest BCUT2D eigenvalue weighted by Crippen LogP contribution is -2.04. The number of aromatic nitrogens is 2. The van der Waals surface area contributed by atoms with Gasteiger partial charge in [0, 0.05) is 17.8 Å². The molecule has 8 heteroatoms. The van der Waals surface area contributed by atoms with Crippen LogP contribution in [0.5, 0.6) is 11.6 Å². The fraction of sp³-hybridized carbons (Fsp3) is 0.111. The third-order valence-corrected chi connectivity index (χ3v) is 3.39. The van der Waals surface area contributed by atoms with E-state index in [1.54, 1.807) is 6.92 Å². The van der Waals surface area contributed by atoms with E-state index in [0.717, 1.165) is 18.2 Å². The number of halogens is 5. The van der Waals surface area contributed by atoms with Crippen molar-refractivity contribution in [3.8, 4) is 23.0 Å². The zero-order valence-electron chi connectivity index (χ0n) is 13.3. The molecule has 0 N–H and O–H groups in total. The SMILES string of the molecule is Cc1cc(Oc2cccc(C(F)(F)F)c2)nc(-c2ccc(F)cc2F)n1. The van der Waals surface area contributed by atoms with Gasteiger partial charge in [0.05, 0.1) is 11.1 Å². The van der Waals surface area contributed by atoms with E-state index in [-0.39, 0.29) is 23.0 Å². The van der Waals surface area contributed by atoms with E-state index >= 15 is 0 Å². The van der Waals surface area contributed by atoms with Crippen LogP contribution in [-0.2, 0) is 6.18 Å². The molecule has 0 unspecified atom stereocenters. The lowest BCUT2D eigenvalue weighted by atomic mass is 10.2. The van der Waals surface area contributed by atoms with Gasteiger partial charge in [0.1, 0.15) is 17.4 Å². The molecule has 0 amide bonds. The van der Waals surface area contributed by atoms with Crippen molar-refractivity contribution < 1.29 is 26.7 Å². The minimum Gasteiger partial charge on any atom is -0.439 e. The van der Waals surface area contributed by atoms with Crippen molar-refractivity contribution in [3.63, 3.8) is 0 Å². The quantitative estimate of drug-likeness (QED) is 0.571. The van der Waals surface area contributed by atoms with Crippen LogP contribution in [0.15, 0.2) is 48.5 Å². The number of hydrogen-bond acceptors (Lipinski definition) is 3. The second-order valence-corrected chi connectivity index (χ2v) is 5.42. The molecule has 3 rings (SSSR count). The molecule has 2 aromatic carbocycles. The van der Waals surface area contributed by atoms with Crippen molar-refractivity contribution in [1.29, 1.82) is 0 Å². The highest BCUT2D eigenvalue weighted by molar-refractivity contribution is 5.56. The Morgan fingerprint density at radius 2 is 1.69 bits per heavy atom. The van der Waals surface area contributed by atoms with Crippen LogP contribution in [0.4, 0.5) is 22.0 Å². The summed E-state index contributed by atoms with van der Waals surface area (Å²) in [7, 11) is 0. The van der Waals surface area contributed by atoms with E-state index in [2.05, 4.69) is 9.97 Å². The average Bonchev–Trinajstić information content (AvgIpc) is 2.53. The van der Waals surface area contributed by atoms with Crippen LogP contribution in [-0.4, -0.2) is 9.97 Å². The van der Waals surface area contributed by atoms with Gasteiger partial charge in [-0.2, -0.15) is 18.2 Å². The molecule has 0 saturated heterocycles. The van der Waals surface area contributed by atoms with Crippen molar-refractivity contribution in [1.82, 2.24) is 9.97 Å². The van der Waals surface area contributed by atoms with E-state index in [9.17, 15) is 22.0 Å². The summed E-state index contributed by atoms with van der Waals surface area (Å²) < 4.78 is 70.7. The molecule has 3 aromatic rings. The van der Waals surface area contributed by atoms with Gasteiger partial charge >= 0.3 is 6.18 Å². The summed E-state index contributed by atoms with van der Waals surface area (Å²) in [5, 5.41) is 0. The highest BCUT2D eigenvalue weighted by Gasteiger charge is 2.30. The van der Waals surface area contributed by atoms with Crippen molar-refractivity contribution in [3.05, 3.63) is 71.4 Å². The molecule has 0 aliphatic rings. The predicted molar refractivity (Wildman–Crippen MR) is 83.6 cm³/mol. The Morgan fingerprint density at radius 1 is 0.923 bits per heavy atom. The smallest absolute Gasteiger partial charge is 0.416 e. The van der Waals surface area contributed by atoms with Crippen molar-refractivity contribution in [2.45, 2.75) is 13.1 Å². The number of hydrogen-bond donors (Lipinski definition) is 0. The molecule has 1 heterocycles. The minimum absolute atomic E-state index is 0.0519. The Morgan fingerprint density at radius 3 is 2.38 bits per heavy atom. The predicted octanol–water partition coefficient (Wildman–Crippen LogP) is 5.54. The first kappa shape index (κ1) is 17.8. The Balaban J connectivity index is 1.96. The average molecular weight is 366 g/mol. The lowest BCUT2D eigenvalue weighted by molar-refractivity contribution is -0.137. The van der Waals surface area contributed by atoms with Gasteiger partial charge in [-0.25, -0.2) is 13.8 Å². The summed E-state index contributed by atoms with van der Waals surface area (Å²) in [4.78, 5) is 8.06. The number of aryl methyl sites for hydroxylation is 1. The highest BCUT2D eigenvalue weighted by Crippen LogP contribution is 2.33. The van der Waals surface area contributed by atoms with Crippen LogP contribution in [0.25, 0.3) is 11.4 Å². The largest absolute Gasteiger partial charge is 0.439 e. The summed E-state index contributed by atoms with van der Waals surface area (Å²) in [6, 6.07) is 8.59. The maximum absolute atomic E-state index is 13.9. The van der Waals surface area contributed by atoms with E-state index in [1.165, 1.54) is 24.3 Å². The van der Waals surface area contributed by atoms with Gasteiger partial charge in [-0.05, 0) is 37.3 Å². The van der Waals surface area contributed by atoms with E-state index in [0.29, 0.717) is 11.8 Å². The standard InChI is InChI=1S/C18H11F5N2O/c1-10-7-16(26-13-4-2-3-11(8-13)18(21,22)23)25-17(24-10)14-6-5-12(19)9-15(14)20/h2-9H,1H3. The Bertz CT molecular complexity index is 957. The summed E-state index contributed by atoms with van der Waals surface area (Å²) in [6.45, 7) is 1.59. The van der Waals surface area contributed by atoms with Crippen LogP contribution in [0.2, 0.25) is 0 Å². The summed E-state index contributed by atoms with van der Waals surface area (Å²) in [5.41, 5.74) is -0.518. The molecule has 0 aliphatic carbocycles. The Kier molecular flexibility index (Phi) is 4.58. The molecular formula is C18H11F5N2O. The Hall–Kier alpha value is -3.03. The van der Waals surface area contributed by atoms with Crippen LogP contribution in [0.1, 0.15) is 11.3 Å². The molecular weight excluding hydrogens is 355 g/mol. The van der Waals surface area contributed by atoms with Crippen molar-refractivity contribution in [2.75, 3.05) is 0 Å². The first-order valence-corrected chi connectivity index (χ1v) is 7.38. The molecule has 0 radical (unpaired) electrons. The van der Waals surface area contributed by atoms with Crippen LogP contribution < -0.4 is 4.74 Å². The molecule has 0 spiro atoms. The molecule has 0 bridgehead atoms. The molecule has 134 valence electrons. The zero-order valence-corrected chi connectivity index (χ0v) is 13.3. The maximum atomic E-state index is 13.9. The van der Waals surface area contributed by atoms with Crippen molar-refractivity contribution >= 4 is 0 Å². The second kappa shape index (κ2) is 6.70. The molecule has 1 aromatic heterocycles. The molecule has 3 nitrogen and oxygen atoms in total. The summed E-state index contributed by atoms with van der Waals surface area (Å²) >= 11 is 0. The number of nitrogens with zero attached hydrogens (tertiary/aromatic N) is 2. The summed E-state index contributed by atoms with van der Waals surface area (Å²) in [6.07, 6.45) is -4.51. The Labute approximate surface area is 145 Å². The normalized spacial score (nSPS) is 11.5. The fourth-order valence-electron chi connectivity index (χ4n) is 2.24. The second-order valence-electron chi connectivity index (χ2n) is 5.42. The molecule has 0 fully saturated rings. The maximum Gasteiger partial charge on any atom is 0.416 e. The van der Waals surface area contributed by atoms with Gasteiger partial charge in [-0.3, -0.25) is 0 Å². The van der Waals surface area contributed by atoms with Crippen LogP contribution >= 0.6 is 0 Å². The monoisotopic (exact) mass is 366 g/mol. The molecule has 0 saturated carbocycles. The topological polar surface area (TPSA) is 35.0 Å². The molecule has 26 heavy (non-hydrogen) atoms. The first-order chi connectivity index (χ1) is 12.2. The van der Waals surface area contributed by atoms with Crippen LogP contribution in [0.3, 0.4) is 0 Å². The zero-order chi connectivity index (χ0) is 18.9. The van der Waals surface area contributed by atoms with E-state index < -0.39 is 23.4 Å². The van der Waals surface area contributed by atoms with Gasteiger partial charge in [0.25, 0.3) is 0 Å². The van der Waals surface area contributed by atoms with Crippen molar-refractivity contribution in [2.24, 2.45) is 0 Å². The van der Waals surface area contributed by atoms with Gasteiger partial charge in [0.2, 0.25) is 5.88 Å². The van der Waals surface area contributed by atoms with Gasteiger partial charge in [0.15, 0.2) is 5.82 Å². The number of benzene rings is 2. The van der Waals surface area contributed by atoms with Crippen LogP contribution in [0, 0.1) is 18.6 Å². The minimum atomic E-state index is -4.51. The van der Waals surface area contributed by atoms with E-state index in [1.807, 2.05) is 0 Å². The number of ether oxygens (including phenoxy) is 1. The molecule has 0 atom stereocenters. The van der Waals surface area contributed by atoms with Gasteiger partial charge in [-0.1, -0.05) is 6.07 Å². The van der Waals surface area contributed by atoms with Gasteiger partial charge < -0.3 is 4.74 Å². The number of alkyl halides is 3. The third kappa shape index (κ3) is 3.96. The fourth-order valence-corrected chi connectivity index (χ4v) is 2.24. The molecule has 0 aliphatic heterocycles. The number of rotatable bonds is 3. The van der Waals surface area contributed by atoms with E-state index in [4.69, 9.17) is 4.74 Å². The summed E-state index contributed by atoms with van der Waals surface area (Å²) in [5.74, 6) is -1.82. The first-order valence-electron chi connectivity index (χ1n) is 7.38. The van der Waals surface area contributed by atoms with Gasteiger partial charge in [-0.15, -0.1) is 0 Å².